The lowest BCUT2D eigenvalue weighted by atomic mass is 10.2. The Hall–Kier alpha value is -1.03. The van der Waals surface area contributed by atoms with E-state index < -0.39 is 0 Å². The van der Waals surface area contributed by atoms with Gasteiger partial charge in [0.15, 0.2) is 0 Å². The van der Waals surface area contributed by atoms with Gasteiger partial charge in [-0.1, -0.05) is 23.7 Å². The molecule has 2 aromatic carbocycles. The van der Waals surface area contributed by atoms with Crippen molar-refractivity contribution in [3.05, 3.63) is 57.3 Å². The smallest absolute Gasteiger partial charge is 0.129 e. The number of aryl methyl sites for hydroxylation is 1. The lowest BCUT2D eigenvalue weighted by Gasteiger charge is -2.11. The van der Waals surface area contributed by atoms with E-state index in [1.54, 1.807) is 0 Å². The summed E-state index contributed by atoms with van der Waals surface area (Å²) in [5, 5.41) is 0.664. The molecule has 2 nitrogen and oxygen atoms in total. The molecule has 0 bridgehead atoms. The summed E-state index contributed by atoms with van der Waals surface area (Å²) >= 11 is 15.8. The van der Waals surface area contributed by atoms with E-state index in [-0.39, 0.29) is 0 Å². The van der Waals surface area contributed by atoms with Gasteiger partial charge >= 0.3 is 0 Å². The van der Waals surface area contributed by atoms with Crippen LogP contribution in [-0.4, -0.2) is 9.55 Å². The van der Waals surface area contributed by atoms with Gasteiger partial charge < -0.3 is 0 Å². The third kappa shape index (κ3) is 2.24. The average Bonchev–Trinajstić information content (AvgIpc) is 2.79. The van der Waals surface area contributed by atoms with Crippen LogP contribution in [0, 0.1) is 6.92 Å². The van der Waals surface area contributed by atoms with E-state index in [2.05, 4.69) is 39.1 Å². The van der Waals surface area contributed by atoms with Crippen molar-refractivity contribution in [2.45, 2.75) is 12.8 Å². The van der Waals surface area contributed by atoms with Gasteiger partial charge in [-0.3, -0.25) is 4.57 Å². The summed E-state index contributed by atoms with van der Waals surface area (Å²) in [6.45, 7) is 2.05. The predicted octanol–water partition coefficient (Wildman–Crippen LogP) is 5.49. The topological polar surface area (TPSA) is 17.8 Å². The zero-order valence-corrected chi connectivity index (χ0v) is 13.8. The molecule has 0 aliphatic heterocycles. The maximum Gasteiger partial charge on any atom is 0.129 e. The highest BCUT2D eigenvalue weighted by molar-refractivity contribution is 9.10. The van der Waals surface area contributed by atoms with E-state index >= 15 is 0 Å². The second-order valence-electron chi connectivity index (χ2n) is 4.56. The molecule has 0 atom stereocenters. The molecule has 0 amide bonds. The minimum Gasteiger partial charge on any atom is -0.294 e. The SMILES string of the molecule is Cc1ccc2c(c1)nc(CCl)n2-c1cccc(Cl)c1Br. The normalized spacial score (nSPS) is 11.2. The molecular formula is C15H11BrCl2N2. The van der Waals surface area contributed by atoms with Gasteiger partial charge in [-0.2, -0.15) is 0 Å². The number of aromatic nitrogens is 2. The van der Waals surface area contributed by atoms with Gasteiger partial charge in [0.05, 0.1) is 32.1 Å². The minimum absolute atomic E-state index is 0.340. The van der Waals surface area contributed by atoms with E-state index in [4.69, 9.17) is 23.2 Å². The lowest BCUT2D eigenvalue weighted by Crippen LogP contribution is -2.00. The van der Waals surface area contributed by atoms with Gasteiger partial charge in [0, 0.05) is 0 Å². The number of alkyl halides is 1. The Morgan fingerprint density at radius 3 is 2.80 bits per heavy atom. The van der Waals surface area contributed by atoms with Crippen LogP contribution in [-0.2, 0) is 5.88 Å². The van der Waals surface area contributed by atoms with Crippen LogP contribution in [0.3, 0.4) is 0 Å². The summed E-state index contributed by atoms with van der Waals surface area (Å²) in [6, 6.07) is 11.9. The molecule has 1 heterocycles. The summed E-state index contributed by atoms with van der Waals surface area (Å²) in [7, 11) is 0. The third-order valence-electron chi connectivity index (χ3n) is 3.17. The standard InChI is InChI=1S/C15H11BrCl2N2/c1-9-5-6-12-11(7-9)19-14(8-17)20(12)13-4-2-3-10(18)15(13)16/h2-7H,8H2,1H3. The second kappa shape index (κ2) is 5.40. The Bertz CT molecular complexity index is 796. The van der Waals surface area contributed by atoms with Gasteiger partial charge in [0.2, 0.25) is 0 Å². The van der Waals surface area contributed by atoms with Crippen LogP contribution < -0.4 is 0 Å². The molecule has 0 fully saturated rings. The zero-order valence-electron chi connectivity index (χ0n) is 10.7. The number of rotatable bonds is 2. The first kappa shape index (κ1) is 13.9. The number of hydrogen-bond acceptors (Lipinski definition) is 1. The van der Waals surface area contributed by atoms with E-state index in [9.17, 15) is 0 Å². The fraction of sp³-hybridized carbons (Fsp3) is 0.133. The third-order valence-corrected chi connectivity index (χ3v) is 4.79. The van der Waals surface area contributed by atoms with E-state index in [1.165, 1.54) is 5.56 Å². The molecule has 0 spiro atoms. The minimum atomic E-state index is 0.340. The number of nitrogens with zero attached hydrogens (tertiary/aromatic N) is 2. The first-order valence-corrected chi connectivity index (χ1v) is 7.80. The number of benzene rings is 2. The summed E-state index contributed by atoms with van der Waals surface area (Å²) < 4.78 is 2.88. The molecule has 3 rings (SSSR count). The van der Waals surface area contributed by atoms with Crippen LogP contribution in [0.4, 0.5) is 0 Å². The number of halogens is 3. The van der Waals surface area contributed by atoms with Crippen LogP contribution in [0.25, 0.3) is 16.7 Å². The molecule has 0 saturated carbocycles. The molecule has 20 heavy (non-hydrogen) atoms. The predicted molar refractivity (Wildman–Crippen MR) is 88.1 cm³/mol. The first-order valence-electron chi connectivity index (χ1n) is 6.10. The number of fused-ring (bicyclic) bond motifs is 1. The second-order valence-corrected chi connectivity index (χ2v) is 6.03. The molecule has 0 saturated heterocycles. The van der Waals surface area contributed by atoms with Crippen LogP contribution in [0.1, 0.15) is 11.4 Å². The molecule has 1 aromatic heterocycles. The van der Waals surface area contributed by atoms with Crippen molar-refractivity contribution in [3.63, 3.8) is 0 Å². The summed E-state index contributed by atoms with van der Waals surface area (Å²) in [6.07, 6.45) is 0. The van der Waals surface area contributed by atoms with Gasteiger partial charge in [-0.05, 0) is 52.7 Å². The van der Waals surface area contributed by atoms with Gasteiger partial charge in [0.25, 0.3) is 0 Å². The number of hydrogen-bond donors (Lipinski definition) is 0. The maximum absolute atomic E-state index is 6.19. The van der Waals surface area contributed by atoms with Crippen LogP contribution in [0.2, 0.25) is 5.02 Å². The van der Waals surface area contributed by atoms with E-state index in [1.807, 2.05) is 29.7 Å². The summed E-state index contributed by atoms with van der Waals surface area (Å²) in [4.78, 5) is 4.61. The van der Waals surface area contributed by atoms with E-state index in [0.717, 1.165) is 27.0 Å². The van der Waals surface area contributed by atoms with Crippen molar-refractivity contribution in [1.29, 1.82) is 0 Å². The van der Waals surface area contributed by atoms with Crippen molar-refractivity contribution in [1.82, 2.24) is 9.55 Å². The Morgan fingerprint density at radius 1 is 1.25 bits per heavy atom. The largest absolute Gasteiger partial charge is 0.294 e. The Morgan fingerprint density at radius 2 is 2.05 bits per heavy atom. The summed E-state index contributed by atoms with van der Waals surface area (Å²) in [5.41, 5.74) is 4.08. The zero-order chi connectivity index (χ0) is 14.3. The lowest BCUT2D eigenvalue weighted by molar-refractivity contribution is 0.977. The van der Waals surface area contributed by atoms with Crippen LogP contribution >= 0.6 is 39.1 Å². The fourth-order valence-corrected chi connectivity index (χ4v) is 3.05. The highest BCUT2D eigenvalue weighted by atomic mass is 79.9. The maximum atomic E-state index is 6.19. The molecule has 3 aromatic rings. The summed E-state index contributed by atoms with van der Waals surface area (Å²) in [5.74, 6) is 1.14. The molecule has 0 N–H and O–H groups in total. The van der Waals surface area contributed by atoms with Crippen molar-refractivity contribution in [2.75, 3.05) is 0 Å². The van der Waals surface area contributed by atoms with Crippen molar-refractivity contribution < 1.29 is 0 Å². The quantitative estimate of drug-likeness (QED) is 0.546. The van der Waals surface area contributed by atoms with E-state index in [0.29, 0.717) is 10.9 Å². The first-order chi connectivity index (χ1) is 9.61. The molecule has 0 aliphatic rings. The molecule has 0 unspecified atom stereocenters. The number of imidazole rings is 1. The van der Waals surface area contributed by atoms with Gasteiger partial charge in [-0.25, -0.2) is 4.98 Å². The molecule has 0 radical (unpaired) electrons. The van der Waals surface area contributed by atoms with Crippen molar-refractivity contribution >= 4 is 50.2 Å². The molecule has 102 valence electrons. The Balaban J connectivity index is 2.37. The van der Waals surface area contributed by atoms with Crippen LogP contribution in [0.15, 0.2) is 40.9 Å². The van der Waals surface area contributed by atoms with Gasteiger partial charge in [0.1, 0.15) is 5.82 Å². The molecular weight excluding hydrogens is 359 g/mol. The Kier molecular flexibility index (Phi) is 3.76. The van der Waals surface area contributed by atoms with Crippen molar-refractivity contribution in [3.8, 4) is 5.69 Å². The monoisotopic (exact) mass is 368 g/mol. The highest BCUT2D eigenvalue weighted by Gasteiger charge is 2.15. The van der Waals surface area contributed by atoms with Crippen molar-refractivity contribution in [2.24, 2.45) is 0 Å². The molecule has 0 aliphatic carbocycles. The average molecular weight is 370 g/mol. The Labute approximate surface area is 135 Å². The van der Waals surface area contributed by atoms with Crippen LogP contribution in [0.5, 0.6) is 0 Å². The van der Waals surface area contributed by atoms with Gasteiger partial charge in [-0.15, -0.1) is 11.6 Å². The molecule has 5 heteroatoms. The highest BCUT2D eigenvalue weighted by Crippen LogP contribution is 2.32. The fourth-order valence-electron chi connectivity index (χ4n) is 2.26.